The number of unbranched alkanes of at least 4 members (excludes halogenated alkanes) is 1. The van der Waals surface area contributed by atoms with Gasteiger partial charge in [-0.05, 0) is 31.4 Å². The van der Waals surface area contributed by atoms with Crippen molar-refractivity contribution >= 4 is 23.1 Å². The van der Waals surface area contributed by atoms with Crippen LogP contribution in [0.5, 0.6) is 0 Å². The minimum absolute atomic E-state index is 0.0159. The van der Waals surface area contributed by atoms with Crippen molar-refractivity contribution in [1.29, 1.82) is 0 Å². The predicted octanol–water partition coefficient (Wildman–Crippen LogP) is 1.33. The third kappa shape index (κ3) is 3.54. The molecule has 1 aromatic heterocycles. The number of carbonyl (C=O) groups is 1. The SMILES string of the molecule is CCCCn1c(N)c(N(C)CC(=O)N2c3ccccc3C[C@@H]2C)c(=O)[nH]c1=O. The zero-order valence-corrected chi connectivity index (χ0v) is 16.6. The third-order valence-electron chi connectivity index (χ3n) is 5.18. The highest BCUT2D eigenvalue weighted by atomic mass is 16.2. The monoisotopic (exact) mass is 385 g/mol. The molecule has 0 radical (unpaired) electrons. The Morgan fingerprint density at radius 2 is 2.04 bits per heavy atom. The van der Waals surface area contributed by atoms with E-state index in [2.05, 4.69) is 4.98 Å². The number of carbonyl (C=O) groups excluding carboxylic acids is 1. The number of nitrogens with zero attached hydrogens (tertiary/aromatic N) is 3. The maximum atomic E-state index is 13.0. The lowest BCUT2D eigenvalue weighted by molar-refractivity contribution is -0.117. The molecule has 1 aliphatic rings. The van der Waals surface area contributed by atoms with E-state index >= 15 is 0 Å². The van der Waals surface area contributed by atoms with E-state index < -0.39 is 11.2 Å². The molecule has 150 valence electrons. The molecule has 0 saturated carbocycles. The molecule has 1 amide bonds. The number of aromatic nitrogens is 2. The van der Waals surface area contributed by atoms with Crippen molar-refractivity contribution in [2.45, 2.75) is 45.7 Å². The fourth-order valence-corrected chi connectivity index (χ4v) is 3.79. The number of benzene rings is 1. The Morgan fingerprint density at radius 3 is 2.75 bits per heavy atom. The number of amides is 1. The van der Waals surface area contributed by atoms with Crippen LogP contribution in [0.2, 0.25) is 0 Å². The topological polar surface area (TPSA) is 104 Å². The second-order valence-electron chi connectivity index (χ2n) is 7.30. The van der Waals surface area contributed by atoms with Gasteiger partial charge in [-0.2, -0.15) is 0 Å². The molecule has 1 aliphatic heterocycles. The molecule has 0 spiro atoms. The molecule has 0 bridgehead atoms. The van der Waals surface area contributed by atoms with Crippen LogP contribution in [0, 0.1) is 0 Å². The van der Waals surface area contributed by atoms with Gasteiger partial charge in [0.25, 0.3) is 5.56 Å². The first kappa shape index (κ1) is 19.7. The molecular weight excluding hydrogens is 358 g/mol. The summed E-state index contributed by atoms with van der Waals surface area (Å²) in [5.74, 6) is -0.0302. The number of hydrogen-bond acceptors (Lipinski definition) is 5. The van der Waals surface area contributed by atoms with Gasteiger partial charge in [0.1, 0.15) is 11.5 Å². The summed E-state index contributed by atoms with van der Waals surface area (Å²) in [5, 5.41) is 0. The van der Waals surface area contributed by atoms with Crippen molar-refractivity contribution < 1.29 is 4.79 Å². The summed E-state index contributed by atoms with van der Waals surface area (Å²) >= 11 is 0. The van der Waals surface area contributed by atoms with Crippen LogP contribution in [0.15, 0.2) is 33.9 Å². The molecular formula is C20H27N5O3. The normalized spacial score (nSPS) is 15.5. The Bertz CT molecular complexity index is 994. The summed E-state index contributed by atoms with van der Waals surface area (Å²) in [7, 11) is 1.64. The Kier molecular flexibility index (Phi) is 5.58. The largest absolute Gasteiger partial charge is 0.383 e. The second kappa shape index (κ2) is 7.92. The van der Waals surface area contributed by atoms with E-state index in [1.165, 1.54) is 9.47 Å². The number of anilines is 3. The fourth-order valence-electron chi connectivity index (χ4n) is 3.79. The van der Waals surface area contributed by atoms with Gasteiger partial charge in [-0.3, -0.25) is 19.1 Å². The van der Waals surface area contributed by atoms with Crippen LogP contribution in [-0.4, -0.2) is 35.1 Å². The Morgan fingerprint density at radius 1 is 1.32 bits per heavy atom. The summed E-state index contributed by atoms with van der Waals surface area (Å²) in [6.45, 7) is 4.42. The second-order valence-corrected chi connectivity index (χ2v) is 7.30. The van der Waals surface area contributed by atoms with Crippen molar-refractivity contribution in [2.75, 3.05) is 29.1 Å². The van der Waals surface area contributed by atoms with Crippen LogP contribution < -0.4 is 26.8 Å². The van der Waals surface area contributed by atoms with Gasteiger partial charge in [-0.1, -0.05) is 31.5 Å². The Balaban J connectivity index is 1.87. The van der Waals surface area contributed by atoms with Gasteiger partial charge in [0.05, 0.1) is 6.54 Å². The van der Waals surface area contributed by atoms with Gasteiger partial charge in [0.2, 0.25) is 5.91 Å². The summed E-state index contributed by atoms with van der Waals surface area (Å²) in [6, 6.07) is 7.88. The lowest BCUT2D eigenvalue weighted by Gasteiger charge is -2.27. The molecule has 8 heteroatoms. The molecule has 0 aliphatic carbocycles. The first-order valence-corrected chi connectivity index (χ1v) is 9.58. The standard InChI is InChI=1S/C20H27N5O3/c1-4-5-10-24-18(21)17(19(27)22-20(24)28)23(3)12-16(26)25-13(2)11-14-8-6-7-9-15(14)25/h6-9,13H,4-5,10-12,21H2,1-3H3,(H,22,27,28)/t13-/m0/s1. The van der Waals surface area contributed by atoms with Gasteiger partial charge in [0, 0.05) is 25.3 Å². The number of H-pyrrole nitrogens is 1. The zero-order valence-electron chi connectivity index (χ0n) is 16.6. The van der Waals surface area contributed by atoms with E-state index in [0.29, 0.717) is 6.54 Å². The first-order chi connectivity index (χ1) is 13.3. The average molecular weight is 385 g/mol. The molecule has 1 atom stereocenters. The molecule has 0 saturated heterocycles. The van der Waals surface area contributed by atoms with Crippen LogP contribution >= 0.6 is 0 Å². The lowest BCUT2D eigenvalue weighted by atomic mass is 10.1. The van der Waals surface area contributed by atoms with Crippen molar-refractivity contribution in [1.82, 2.24) is 9.55 Å². The Labute approximate surface area is 163 Å². The number of aromatic amines is 1. The van der Waals surface area contributed by atoms with Crippen LogP contribution in [0.25, 0.3) is 0 Å². The van der Waals surface area contributed by atoms with Gasteiger partial charge in [-0.15, -0.1) is 0 Å². The molecule has 2 heterocycles. The minimum atomic E-state index is -0.583. The zero-order chi connectivity index (χ0) is 20.4. The number of nitrogen functional groups attached to an aromatic ring is 1. The molecule has 3 N–H and O–H groups in total. The molecule has 0 fully saturated rings. The van der Waals surface area contributed by atoms with E-state index in [1.54, 1.807) is 11.9 Å². The summed E-state index contributed by atoms with van der Waals surface area (Å²) in [4.78, 5) is 43.1. The minimum Gasteiger partial charge on any atom is -0.383 e. The number of likely N-dealkylation sites (N-methyl/N-ethyl adjacent to an activating group) is 1. The van der Waals surface area contributed by atoms with Crippen molar-refractivity contribution in [2.24, 2.45) is 0 Å². The smallest absolute Gasteiger partial charge is 0.330 e. The van der Waals surface area contributed by atoms with Crippen molar-refractivity contribution in [3.05, 3.63) is 50.7 Å². The average Bonchev–Trinajstić information content (AvgIpc) is 2.96. The molecule has 2 aromatic rings. The third-order valence-corrected chi connectivity index (χ3v) is 5.18. The fraction of sp³-hybridized carbons (Fsp3) is 0.450. The van der Waals surface area contributed by atoms with Crippen LogP contribution in [0.4, 0.5) is 17.2 Å². The van der Waals surface area contributed by atoms with Gasteiger partial charge < -0.3 is 15.5 Å². The van der Waals surface area contributed by atoms with E-state index in [-0.39, 0.29) is 30.0 Å². The molecule has 0 unspecified atom stereocenters. The van der Waals surface area contributed by atoms with Crippen LogP contribution in [0.1, 0.15) is 32.3 Å². The number of nitrogens with one attached hydrogen (secondary N) is 1. The molecule has 3 rings (SSSR count). The number of hydrogen-bond donors (Lipinski definition) is 2. The summed E-state index contributed by atoms with van der Waals surface area (Å²) in [5.41, 5.74) is 7.21. The molecule has 8 nitrogen and oxygen atoms in total. The number of para-hydroxylation sites is 1. The van der Waals surface area contributed by atoms with Gasteiger partial charge >= 0.3 is 5.69 Å². The van der Waals surface area contributed by atoms with E-state index in [9.17, 15) is 14.4 Å². The highest BCUT2D eigenvalue weighted by Gasteiger charge is 2.31. The molecule has 1 aromatic carbocycles. The quantitative estimate of drug-likeness (QED) is 0.781. The lowest BCUT2D eigenvalue weighted by Crippen LogP contribution is -2.44. The Hall–Kier alpha value is -3.03. The van der Waals surface area contributed by atoms with Gasteiger partial charge in [-0.25, -0.2) is 4.79 Å². The highest BCUT2D eigenvalue weighted by molar-refractivity contribution is 5.99. The van der Waals surface area contributed by atoms with Crippen LogP contribution in [-0.2, 0) is 17.8 Å². The van der Waals surface area contributed by atoms with E-state index in [0.717, 1.165) is 30.5 Å². The van der Waals surface area contributed by atoms with Crippen molar-refractivity contribution in [3.8, 4) is 0 Å². The van der Waals surface area contributed by atoms with Gasteiger partial charge in [0.15, 0.2) is 0 Å². The maximum absolute atomic E-state index is 13.0. The van der Waals surface area contributed by atoms with E-state index in [1.807, 2.05) is 38.1 Å². The molecule has 28 heavy (non-hydrogen) atoms. The van der Waals surface area contributed by atoms with Crippen LogP contribution in [0.3, 0.4) is 0 Å². The number of fused-ring (bicyclic) bond motifs is 1. The summed E-state index contributed by atoms with van der Waals surface area (Å²) in [6.07, 6.45) is 2.46. The number of nitrogens with two attached hydrogens (primary N) is 1. The number of rotatable bonds is 6. The van der Waals surface area contributed by atoms with E-state index in [4.69, 9.17) is 5.73 Å². The predicted molar refractivity (Wildman–Crippen MR) is 111 cm³/mol. The highest BCUT2D eigenvalue weighted by Crippen LogP contribution is 2.32. The summed E-state index contributed by atoms with van der Waals surface area (Å²) < 4.78 is 1.36. The maximum Gasteiger partial charge on any atom is 0.330 e. The first-order valence-electron chi connectivity index (χ1n) is 9.58. The van der Waals surface area contributed by atoms with Crippen molar-refractivity contribution in [3.63, 3.8) is 0 Å².